The molecule has 4 nitrogen and oxygen atoms in total. The van der Waals surface area contributed by atoms with E-state index in [2.05, 4.69) is 6.58 Å². The maximum absolute atomic E-state index is 11.7. The van der Waals surface area contributed by atoms with Crippen molar-refractivity contribution in [1.82, 2.24) is 0 Å². The molecule has 4 heteroatoms. The lowest BCUT2D eigenvalue weighted by atomic mass is 10.1. The Morgan fingerprint density at radius 1 is 1.56 bits per heavy atom. The summed E-state index contributed by atoms with van der Waals surface area (Å²) in [6.45, 7) is 3.87. The van der Waals surface area contributed by atoms with E-state index < -0.39 is 0 Å². The molecule has 0 atom stereocenters. The topological polar surface area (TPSA) is 44.8 Å². The highest BCUT2D eigenvalue weighted by molar-refractivity contribution is 5.95. The minimum atomic E-state index is -0.386. The second kappa shape index (κ2) is 5.40. The van der Waals surface area contributed by atoms with Crippen LogP contribution in [0.5, 0.6) is 11.5 Å². The number of carbonyl (C=O) groups is 1. The molecule has 0 saturated carbocycles. The van der Waals surface area contributed by atoms with E-state index in [1.807, 2.05) is 18.2 Å². The van der Waals surface area contributed by atoms with Gasteiger partial charge >= 0.3 is 5.97 Å². The van der Waals surface area contributed by atoms with Gasteiger partial charge in [0.2, 0.25) is 0 Å². The second-order valence-electron chi connectivity index (χ2n) is 3.72. The summed E-state index contributed by atoms with van der Waals surface area (Å²) in [5.74, 6) is 0.922. The molecule has 18 heavy (non-hydrogen) atoms. The highest BCUT2D eigenvalue weighted by Crippen LogP contribution is 2.35. The smallest absolute Gasteiger partial charge is 0.337 e. The summed E-state index contributed by atoms with van der Waals surface area (Å²) in [5.41, 5.74) is 1.30. The van der Waals surface area contributed by atoms with Crippen LogP contribution in [0, 0.1) is 0 Å². The molecule has 1 aromatic rings. The van der Waals surface area contributed by atoms with Crippen LogP contribution in [0.3, 0.4) is 0 Å². The van der Waals surface area contributed by atoms with Crippen molar-refractivity contribution >= 4 is 12.0 Å². The van der Waals surface area contributed by atoms with Crippen molar-refractivity contribution in [3.63, 3.8) is 0 Å². The van der Waals surface area contributed by atoms with Gasteiger partial charge in [-0.15, -0.1) is 0 Å². The lowest BCUT2D eigenvalue weighted by Crippen LogP contribution is -2.17. The molecule has 1 aromatic carbocycles. The van der Waals surface area contributed by atoms with E-state index in [0.29, 0.717) is 17.1 Å². The fourth-order valence-electron chi connectivity index (χ4n) is 1.69. The van der Waals surface area contributed by atoms with Gasteiger partial charge in [-0.1, -0.05) is 24.8 Å². The molecule has 1 aliphatic heterocycles. The minimum Gasteiger partial charge on any atom is -0.493 e. The number of fused-ring (bicyclic) bond motifs is 1. The van der Waals surface area contributed by atoms with Crippen LogP contribution in [0.15, 0.2) is 36.4 Å². The highest BCUT2D eigenvalue weighted by Gasteiger charge is 2.20. The summed E-state index contributed by atoms with van der Waals surface area (Å²) in [5, 5.41) is 0. The summed E-state index contributed by atoms with van der Waals surface area (Å²) < 4.78 is 15.7. The van der Waals surface area contributed by atoms with E-state index in [-0.39, 0.29) is 19.2 Å². The third-order valence-electron chi connectivity index (χ3n) is 2.53. The van der Waals surface area contributed by atoms with Crippen molar-refractivity contribution in [3.05, 3.63) is 42.0 Å². The molecule has 0 unspecified atom stereocenters. The first-order valence-electron chi connectivity index (χ1n) is 5.54. The normalized spacial score (nSPS) is 12.8. The SMILES string of the molecule is C=CCOC(=O)C1=Cc2cccc(OC)c2OC1. The Balaban J connectivity index is 2.25. The lowest BCUT2D eigenvalue weighted by molar-refractivity contribution is -0.138. The molecule has 0 amide bonds. The van der Waals surface area contributed by atoms with Crippen LogP contribution in [0.25, 0.3) is 6.08 Å². The number of ether oxygens (including phenoxy) is 3. The lowest BCUT2D eigenvalue weighted by Gasteiger charge is -2.19. The fourth-order valence-corrected chi connectivity index (χ4v) is 1.69. The maximum atomic E-state index is 11.7. The average molecular weight is 246 g/mol. The first-order chi connectivity index (χ1) is 8.76. The Hall–Kier alpha value is -2.23. The summed E-state index contributed by atoms with van der Waals surface area (Å²) in [6.07, 6.45) is 3.28. The molecule has 0 bridgehead atoms. The predicted octanol–water partition coefficient (Wildman–Crippen LogP) is 2.20. The van der Waals surface area contributed by atoms with E-state index in [4.69, 9.17) is 14.2 Å². The number of benzene rings is 1. The number of para-hydroxylation sites is 1. The molecule has 1 heterocycles. The van der Waals surface area contributed by atoms with Crippen LogP contribution in [-0.4, -0.2) is 26.3 Å². The largest absolute Gasteiger partial charge is 0.493 e. The first kappa shape index (κ1) is 12.2. The van der Waals surface area contributed by atoms with Crippen LogP contribution in [0.1, 0.15) is 5.56 Å². The van der Waals surface area contributed by atoms with Gasteiger partial charge in [-0.2, -0.15) is 0 Å². The fraction of sp³-hybridized carbons (Fsp3) is 0.214. The van der Waals surface area contributed by atoms with Gasteiger partial charge in [0.15, 0.2) is 11.5 Å². The van der Waals surface area contributed by atoms with Crippen molar-refractivity contribution in [2.45, 2.75) is 0 Å². The zero-order valence-electron chi connectivity index (χ0n) is 10.1. The number of rotatable bonds is 4. The highest BCUT2D eigenvalue weighted by atomic mass is 16.5. The Morgan fingerprint density at radius 3 is 3.11 bits per heavy atom. The third kappa shape index (κ3) is 2.37. The molecular formula is C14H14O4. The third-order valence-corrected chi connectivity index (χ3v) is 2.53. The van der Waals surface area contributed by atoms with E-state index in [9.17, 15) is 4.79 Å². The van der Waals surface area contributed by atoms with Gasteiger partial charge in [-0.25, -0.2) is 4.79 Å². The van der Waals surface area contributed by atoms with Crippen molar-refractivity contribution < 1.29 is 19.0 Å². The molecule has 0 aliphatic carbocycles. The Bertz CT molecular complexity index is 503. The molecule has 1 aliphatic rings. The van der Waals surface area contributed by atoms with Gasteiger partial charge in [-0.05, 0) is 12.1 Å². The van der Waals surface area contributed by atoms with Crippen molar-refractivity contribution in [2.24, 2.45) is 0 Å². The molecule has 0 fully saturated rings. The number of methoxy groups -OCH3 is 1. The van der Waals surface area contributed by atoms with Gasteiger partial charge in [0, 0.05) is 5.56 Å². The Morgan fingerprint density at radius 2 is 2.39 bits per heavy atom. The van der Waals surface area contributed by atoms with E-state index in [1.54, 1.807) is 13.2 Å². The molecule has 0 saturated heterocycles. The maximum Gasteiger partial charge on any atom is 0.337 e. The van der Waals surface area contributed by atoms with Gasteiger partial charge in [-0.3, -0.25) is 0 Å². The molecular weight excluding hydrogens is 232 g/mol. The average Bonchev–Trinajstić information content (AvgIpc) is 2.43. The van der Waals surface area contributed by atoms with Crippen LogP contribution >= 0.6 is 0 Å². The van der Waals surface area contributed by atoms with Crippen LogP contribution in [0.2, 0.25) is 0 Å². The minimum absolute atomic E-state index is 0.184. The molecule has 0 aromatic heterocycles. The van der Waals surface area contributed by atoms with Crippen molar-refractivity contribution in [2.75, 3.05) is 20.3 Å². The van der Waals surface area contributed by atoms with Gasteiger partial charge in [0.05, 0.1) is 12.7 Å². The number of carbonyl (C=O) groups excluding carboxylic acids is 1. The number of esters is 1. The Labute approximate surface area is 105 Å². The summed E-state index contributed by atoms with van der Waals surface area (Å²) in [6, 6.07) is 5.51. The van der Waals surface area contributed by atoms with Crippen LogP contribution in [0.4, 0.5) is 0 Å². The van der Waals surface area contributed by atoms with Crippen molar-refractivity contribution in [3.8, 4) is 11.5 Å². The van der Waals surface area contributed by atoms with E-state index >= 15 is 0 Å². The molecule has 0 radical (unpaired) electrons. The zero-order chi connectivity index (χ0) is 13.0. The summed E-state index contributed by atoms with van der Waals surface area (Å²) in [7, 11) is 1.58. The summed E-state index contributed by atoms with van der Waals surface area (Å²) >= 11 is 0. The monoisotopic (exact) mass is 246 g/mol. The van der Waals surface area contributed by atoms with Crippen molar-refractivity contribution in [1.29, 1.82) is 0 Å². The van der Waals surface area contributed by atoms with Gasteiger partial charge < -0.3 is 14.2 Å². The first-order valence-corrected chi connectivity index (χ1v) is 5.54. The van der Waals surface area contributed by atoms with Crippen LogP contribution in [-0.2, 0) is 9.53 Å². The molecule has 0 N–H and O–H groups in total. The summed E-state index contributed by atoms with van der Waals surface area (Å²) in [4.78, 5) is 11.7. The van der Waals surface area contributed by atoms with Gasteiger partial charge in [0.1, 0.15) is 13.2 Å². The van der Waals surface area contributed by atoms with Crippen LogP contribution < -0.4 is 9.47 Å². The number of hydrogen-bond acceptors (Lipinski definition) is 4. The standard InChI is InChI=1S/C14H14O4/c1-3-7-17-14(15)11-8-10-5-4-6-12(16-2)13(10)18-9-11/h3-6,8H,1,7,9H2,2H3. The zero-order valence-corrected chi connectivity index (χ0v) is 10.1. The second-order valence-corrected chi connectivity index (χ2v) is 3.72. The van der Waals surface area contributed by atoms with E-state index in [1.165, 1.54) is 6.08 Å². The van der Waals surface area contributed by atoms with E-state index in [0.717, 1.165) is 5.56 Å². The Kier molecular flexibility index (Phi) is 3.67. The number of hydrogen-bond donors (Lipinski definition) is 0. The quantitative estimate of drug-likeness (QED) is 0.603. The predicted molar refractivity (Wildman–Crippen MR) is 67.6 cm³/mol. The molecule has 2 rings (SSSR count). The molecule has 94 valence electrons. The molecule has 0 spiro atoms. The van der Waals surface area contributed by atoms with Gasteiger partial charge in [0.25, 0.3) is 0 Å².